The van der Waals surface area contributed by atoms with E-state index in [-0.39, 0.29) is 36.4 Å². The average molecular weight is 389 g/mol. The molecule has 4 aromatic rings. The van der Waals surface area contributed by atoms with Crippen LogP contribution in [-0.2, 0) is 11.3 Å². The molecule has 0 saturated carbocycles. The van der Waals surface area contributed by atoms with Gasteiger partial charge in [-0.2, -0.15) is 0 Å². The van der Waals surface area contributed by atoms with Crippen LogP contribution < -0.4 is 10.9 Å². The van der Waals surface area contributed by atoms with Gasteiger partial charge in [-0.25, -0.2) is 9.97 Å². The third-order valence-corrected chi connectivity index (χ3v) is 5.00. The highest BCUT2D eigenvalue weighted by atomic mass is 16.2. The molecule has 0 fully saturated rings. The van der Waals surface area contributed by atoms with E-state index in [1.54, 1.807) is 12.1 Å². The van der Waals surface area contributed by atoms with E-state index in [4.69, 9.17) is 0 Å². The van der Waals surface area contributed by atoms with Crippen molar-refractivity contribution < 1.29 is 4.79 Å². The van der Waals surface area contributed by atoms with Crippen molar-refractivity contribution in [3.05, 3.63) is 71.0 Å². The number of hydrogen-bond donors (Lipinski definition) is 2. The zero-order chi connectivity index (χ0) is 20.4. The number of carbonyl (C=O) groups is 1. The summed E-state index contributed by atoms with van der Waals surface area (Å²) in [5.41, 5.74) is 2.33. The Labute approximate surface area is 167 Å². The predicted molar refractivity (Wildman–Crippen MR) is 112 cm³/mol. The Hall–Kier alpha value is -3.48. The first-order chi connectivity index (χ1) is 14.0. The van der Waals surface area contributed by atoms with Crippen LogP contribution in [-0.4, -0.2) is 25.4 Å². The molecule has 0 aliphatic rings. The Kier molecular flexibility index (Phi) is 5.12. The van der Waals surface area contributed by atoms with Crippen molar-refractivity contribution in [1.82, 2.24) is 24.8 Å². The molecule has 7 nitrogen and oxygen atoms in total. The Balaban J connectivity index is 1.48. The summed E-state index contributed by atoms with van der Waals surface area (Å²) in [5.74, 6) is 0.757. The molecule has 7 heteroatoms. The smallest absolute Gasteiger partial charge is 0.261 e. The molecule has 0 spiro atoms. The molecule has 0 bridgehead atoms. The highest BCUT2D eigenvalue weighted by molar-refractivity contribution is 5.78. The minimum Gasteiger partial charge on any atom is -0.346 e. The number of amides is 1. The van der Waals surface area contributed by atoms with Gasteiger partial charge in [0.15, 0.2) is 0 Å². The number of carbonyl (C=O) groups excluding carboxylic acids is 1. The van der Waals surface area contributed by atoms with Crippen LogP contribution in [0, 0.1) is 5.92 Å². The van der Waals surface area contributed by atoms with Crippen LogP contribution in [0.25, 0.3) is 21.9 Å². The van der Waals surface area contributed by atoms with Gasteiger partial charge in [0.25, 0.3) is 5.56 Å². The molecule has 0 saturated heterocycles. The molecule has 0 aliphatic carbocycles. The van der Waals surface area contributed by atoms with E-state index >= 15 is 0 Å². The molecule has 2 aromatic carbocycles. The quantitative estimate of drug-likeness (QED) is 0.530. The van der Waals surface area contributed by atoms with E-state index < -0.39 is 0 Å². The number of benzene rings is 2. The van der Waals surface area contributed by atoms with E-state index in [9.17, 15) is 9.59 Å². The fourth-order valence-corrected chi connectivity index (χ4v) is 3.40. The van der Waals surface area contributed by atoms with Crippen molar-refractivity contribution >= 4 is 27.8 Å². The summed E-state index contributed by atoms with van der Waals surface area (Å²) in [7, 11) is 0. The molecule has 148 valence electrons. The molecule has 1 amide bonds. The maximum absolute atomic E-state index is 12.6. The van der Waals surface area contributed by atoms with Crippen LogP contribution in [0.5, 0.6) is 0 Å². The predicted octanol–water partition coefficient (Wildman–Crippen LogP) is 3.18. The van der Waals surface area contributed by atoms with Crippen molar-refractivity contribution in [2.45, 2.75) is 32.9 Å². The number of aryl methyl sites for hydroxylation is 1. The highest BCUT2D eigenvalue weighted by Gasteiger charge is 2.21. The zero-order valence-electron chi connectivity index (χ0n) is 16.4. The Morgan fingerprint density at radius 2 is 1.83 bits per heavy atom. The van der Waals surface area contributed by atoms with Gasteiger partial charge in [0.2, 0.25) is 5.91 Å². The van der Waals surface area contributed by atoms with E-state index in [1.807, 2.05) is 50.2 Å². The summed E-state index contributed by atoms with van der Waals surface area (Å²) in [6, 6.07) is 14.7. The van der Waals surface area contributed by atoms with Gasteiger partial charge in [-0.05, 0) is 30.2 Å². The second kappa shape index (κ2) is 7.87. The molecular weight excluding hydrogens is 366 g/mol. The van der Waals surface area contributed by atoms with Gasteiger partial charge < -0.3 is 10.3 Å². The van der Waals surface area contributed by atoms with Gasteiger partial charge in [-0.1, -0.05) is 38.1 Å². The van der Waals surface area contributed by atoms with Crippen LogP contribution in [0.1, 0.15) is 32.1 Å². The topological polar surface area (TPSA) is 92.7 Å². The van der Waals surface area contributed by atoms with E-state index in [0.29, 0.717) is 10.9 Å². The molecule has 0 unspecified atom stereocenters. The van der Waals surface area contributed by atoms with Crippen LogP contribution in [0.2, 0.25) is 0 Å². The lowest BCUT2D eigenvalue weighted by Crippen LogP contribution is -2.33. The number of H-pyrrole nitrogens is 1. The van der Waals surface area contributed by atoms with E-state index in [0.717, 1.165) is 16.9 Å². The van der Waals surface area contributed by atoms with Crippen molar-refractivity contribution in [2.24, 2.45) is 5.92 Å². The Bertz CT molecular complexity index is 1190. The first kappa shape index (κ1) is 18.9. The molecule has 29 heavy (non-hydrogen) atoms. The number of nitrogens with zero attached hydrogens (tertiary/aromatic N) is 3. The second-order valence-electron chi connectivity index (χ2n) is 7.44. The maximum atomic E-state index is 12.6. The monoisotopic (exact) mass is 389 g/mol. The lowest BCUT2D eigenvalue weighted by molar-refractivity contribution is -0.122. The second-order valence-corrected chi connectivity index (χ2v) is 7.44. The molecule has 2 heterocycles. The average Bonchev–Trinajstić information content (AvgIpc) is 3.15. The number of hydrogen-bond acceptors (Lipinski definition) is 4. The highest BCUT2D eigenvalue weighted by Crippen LogP contribution is 2.22. The van der Waals surface area contributed by atoms with E-state index in [1.165, 1.54) is 10.9 Å². The van der Waals surface area contributed by atoms with Gasteiger partial charge in [-0.3, -0.25) is 14.2 Å². The number of rotatable bonds is 6. The molecule has 4 rings (SSSR count). The molecular formula is C22H23N5O2. The van der Waals surface area contributed by atoms with Crippen molar-refractivity contribution in [1.29, 1.82) is 0 Å². The number of imidazole rings is 1. The summed E-state index contributed by atoms with van der Waals surface area (Å²) >= 11 is 0. The molecule has 2 N–H and O–H groups in total. The third-order valence-electron chi connectivity index (χ3n) is 5.00. The van der Waals surface area contributed by atoms with Gasteiger partial charge in [0.05, 0.1) is 34.3 Å². The first-order valence-corrected chi connectivity index (χ1v) is 9.71. The van der Waals surface area contributed by atoms with Crippen LogP contribution in [0.4, 0.5) is 0 Å². The zero-order valence-corrected chi connectivity index (χ0v) is 16.4. The van der Waals surface area contributed by atoms with Gasteiger partial charge in [-0.15, -0.1) is 0 Å². The third kappa shape index (κ3) is 3.89. The van der Waals surface area contributed by atoms with Gasteiger partial charge in [0, 0.05) is 13.0 Å². The largest absolute Gasteiger partial charge is 0.346 e. The number of nitrogens with one attached hydrogen (secondary N) is 2. The first-order valence-electron chi connectivity index (χ1n) is 9.71. The lowest BCUT2D eigenvalue weighted by atomic mass is 10.0. The van der Waals surface area contributed by atoms with Crippen LogP contribution >= 0.6 is 0 Å². The van der Waals surface area contributed by atoms with Crippen LogP contribution in [0.15, 0.2) is 59.7 Å². The molecule has 1 atom stereocenters. The minimum absolute atomic E-state index is 0.135. The summed E-state index contributed by atoms with van der Waals surface area (Å²) in [4.78, 5) is 37.4. The summed E-state index contributed by atoms with van der Waals surface area (Å²) in [5, 5.41) is 3.61. The Morgan fingerprint density at radius 3 is 2.59 bits per heavy atom. The minimum atomic E-state index is -0.235. The molecule has 2 aromatic heterocycles. The van der Waals surface area contributed by atoms with Crippen molar-refractivity contribution in [3.8, 4) is 0 Å². The molecule has 0 aliphatic heterocycles. The Morgan fingerprint density at radius 1 is 1.10 bits per heavy atom. The summed E-state index contributed by atoms with van der Waals surface area (Å²) in [6.45, 7) is 4.35. The van der Waals surface area contributed by atoms with Crippen molar-refractivity contribution in [3.63, 3.8) is 0 Å². The van der Waals surface area contributed by atoms with Gasteiger partial charge >= 0.3 is 0 Å². The van der Waals surface area contributed by atoms with Gasteiger partial charge in [0.1, 0.15) is 5.82 Å². The fourth-order valence-electron chi connectivity index (χ4n) is 3.40. The van der Waals surface area contributed by atoms with Crippen molar-refractivity contribution in [2.75, 3.05) is 0 Å². The summed E-state index contributed by atoms with van der Waals surface area (Å²) in [6.07, 6.45) is 1.68. The normalized spacial score (nSPS) is 12.5. The number of aromatic nitrogens is 4. The standard InChI is InChI=1S/C22H23N5O2/c1-14(2)20(21-24-17-9-5-6-10-18(17)25-21)26-19(28)11-12-27-13-23-16-8-4-3-7-15(16)22(27)29/h3-10,13-14,20H,11-12H2,1-2H3,(H,24,25)(H,26,28)/t20-/m1/s1. The number of para-hydroxylation sites is 3. The maximum Gasteiger partial charge on any atom is 0.261 e. The summed E-state index contributed by atoms with van der Waals surface area (Å²) < 4.78 is 1.48. The van der Waals surface area contributed by atoms with E-state index in [2.05, 4.69) is 20.3 Å². The number of fused-ring (bicyclic) bond motifs is 2. The van der Waals surface area contributed by atoms with Crippen LogP contribution in [0.3, 0.4) is 0 Å². The molecule has 0 radical (unpaired) electrons. The lowest BCUT2D eigenvalue weighted by Gasteiger charge is -2.20. The number of aromatic amines is 1. The fraction of sp³-hybridized carbons (Fsp3) is 0.273. The SMILES string of the molecule is CC(C)[C@@H](NC(=O)CCn1cnc2ccccc2c1=O)c1nc2ccccc2[nH]1.